The first-order valence-electron chi connectivity index (χ1n) is 8.35. The first-order chi connectivity index (χ1) is 11.1. The second-order valence-corrected chi connectivity index (χ2v) is 6.03. The Morgan fingerprint density at radius 1 is 1.22 bits per heavy atom. The minimum Gasteiger partial charge on any atom is -0.484 e. The van der Waals surface area contributed by atoms with Crippen LogP contribution in [0.5, 0.6) is 5.75 Å². The molecular weight excluding hydrogens is 292 g/mol. The van der Waals surface area contributed by atoms with E-state index in [0.717, 1.165) is 25.7 Å². The fraction of sp³-hybridized carbons (Fsp3) is 0.556. The average Bonchev–Trinajstić information content (AvgIpc) is 2.55. The summed E-state index contributed by atoms with van der Waals surface area (Å²) in [6, 6.07) is 8.02. The Morgan fingerprint density at radius 3 is 2.43 bits per heavy atom. The van der Waals surface area contributed by atoms with Crippen LogP contribution in [0, 0.1) is 0 Å². The minimum atomic E-state index is -0.107. The molecule has 2 rings (SSSR count). The summed E-state index contributed by atoms with van der Waals surface area (Å²) in [7, 11) is 0. The van der Waals surface area contributed by atoms with Crippen LogP contribution in [0.15, 0.2) is 24.3 Å². The van der Waals surface area contributed by atoms with Gasteiger partial charge in [-0.3, -0.25) is 9.59 Å². The normalized spacial score (nSPS) is 15.3. The molecule has 5 heteroatoms. The third kappa shape index (κ3) is 5.58. The van der Waals surface area contributed by atoms with Gasteiger partial charge in [0.25, 0.3) is 5.91 Å². The monoisotopic (exact) mass is 318 g/mol. The Morgan fingerprint density at radius 2 is 1.87 bits per heavy atom. The van der Waals surface area contributed by atoms with Crippen LogP contribution in [0.2, 0.25) is 0 Å². The van der Waals surface area contributed by atoms with Gasteiger partial charge in [0, 0.05) is 26.1 Å². The lowest BCUT2D eigenvalue weighted by atomic mass is 10.1. The number of nitrogens with zero attached hydrogens (tertiary/aromatic N) is 1. The van der Waals surface area contributed by atoms with Gasteiger partial charge in [-0.2, -0.15) is 0 Å². The zero-order valence-corrected chi connectivity index (χ0v) is 14.0. The van der Waals surface area contributed by atoms with Gasteiger partial charge in [-0.25, -0.2) is 0 Å². The van der Waals surface area contributed by atoms with E-state index < -0.39 is 0 Å². The predicted octanol–water partition coefficient (Wildman–Crippen LogP) is 2.14. The van der Waals surface area contributed by atoms with Gasteiger partial charge in [0.15, 0.2) is 6.61 Å². The first-order valence-corrected chi connectivity index (χ1v) is 8.35. The SMILES string of the molecule is CCCc1ccc(OCC(=O)NC2CCN(C(C)=O)CC2)cc1. The summed E-state index contributed by atoms with van der Waals surface area (Å²) in [5.74, 6) is 0.708. The number of rotatable bonds is 6. The van der Waals surface area contributed by atoms with E-state index in [2.05, 4.69) is 12.2 Å². The number of carbonyl (C=O) groups excluding carboxylic acids is 2. The lowest BCUT2D eigenvalue weighted by Gasteiger charge is -2.31. The summed E-state index contributed by atoms with van der Waals surface area (Å²) in [6.07, 6.45) is 3.78. The molecule has 0 radical (unpaired) electrons. The number of amides is 2. The molecule has 0 saturated carbocycles. The highest BCUT2D eigenvalue weighted by Crippen LogP contribution is 2.14. The molecule has 1 fully saturated rings. The predicted molar refractivity (Wildman–Crippen MR) is 89.4 cm³/mol. The van der Waals surface area contributed by atoms with Crippen LogP contribution in [0.25, 0.3) is 0 Å². The number of likely N-dealkylation sites (tertiary alicyclic amines) is 1. The number of piperidine rings is 1. The highest BCUT2D eigenvalue weighted by Gasteiger charge is 2.21. The summed E-state index contributed by atoms with van der Waals surface area (Å²) in [6.45, 7) is 5.17. The Labute approximate surface area is 138 Å². The third-order valence-electron chi connectivity index (χ3n) is 4.14. The van der Waals surface area contributed by atoms with Crippen molar-refractivity contribution < 1.29 is 14.3 Å². The molecule has 0 aromatic heterocycles. The maximum absolute atomic E-state index is 12.0. The highest BCUT2D eigenvalue weighted by atomic mass is 16.5. The molecule has 1 aliphatic heterocycles. The van der Waals surface area contributed by atoms with Crippen LogP contribution in [-0.4, -0.2) is 42.5 Å². The van der Waals surface area contributed by atoms with Gasteiger partial charge in [-0.15, -0.1) is 0 Å². The van der Waals surface area contributed by atoms with E-state index in [9.17, 15) is 9.59 Å². The summed E-state index contributed by atoms with van der Waals surface area (Å²) < 4.78 is 5.53. The third-order valence-corrected chi connectivity index (χ3v) is 4.14. The van der Waals surface area contributed by atoms with E-state index in [1.54, 1.807) is 6.92 Å². The second-order valence-electron chi connectivity index (χ2n) is 6.03. The van der Waals surface area contributed by atoms with Crippen molar-refractivity contribution in [2.24, 2.45) is 0 Å². The number of ether oxygens (including phenoxy) is 1. The second kappa shape index (κ2) is 8.56. The van der Waals surface area contributed by atoms with Gasteiger partial charge < -0.3 is 15.0 Å². The van der Waals surface area contributed by atoms with Crippen LogP contribution in [0.4, 0.5) is 0 Å². The fourth-order valence-electron chi connectivity index (χ4n) is 2.80. The van der Waals surface area contributed by atoms with Gasteiger partial charge in [0.2, 0.25) is 5.91 Å². The van der Waals surface area contributed by atoms with Crippen molar-refractivity contribution >= 4 is 11.8 Å². The van der Waals surface area contributed by atoms with Gasteiger partial charge in [-0.1, -0.05) is 25.5 Å². The number of nitrogens with one attached hydrogen (secondary N) is 1. The van der Waals surface area contributed by atoms with Gasteiger partial charge in [0.05, 0.1) is 0 Å². The van der Waals surface area contributed by atoms with Gasteiger partial charge >= 0.3 is 0 Å². The molecular formula is C18H26N2O3. The van der Waals surface area contributed by atoms with E-state index in [0.29, 0.717) is 18.8 Å². The van der Waals surface area contributed by atoms with Crippen LogP contribution < -0.4 is 10.1 Å². The maximum atomic E-state index is 12.0. The van der Waals surface area contributed by atoms with Crippen molar-refractivity contribution in [3.8, 4) is 5.75 Å². The number of hydrogen-bond acceptors (Lipinski definition) is 3. The molecule has 5 nitrogen and oxygen atoms in total. The smallest absolute Gasteiger partial charge is 0.258 e. The van der Waals surface area contributed by atoms with Crippen molar-refractivity contribution in [3.63, 3.8) is 0 Å². The molecule has 1 heterocycles. The first kappa shape index (κ1) is 17.3. The molecule has 1 aliphatic rings. The largest absolute Gasteiger partial charge is 0.484 e. The van der Waals surface area contributed by atoms with Gasteiger partial charge in [0.1, 0.15) is 5.75 Å². The zero-order valence-electron chi connectivity index (χ0n) is 14.0. The lowest BCUT2D eigenvalue weighted by molar-refractivity contribution is -0.130. The lowest BCUT2D eigenvalue weighted by Crippen LogP contribution is -2.47. The molecule has 1 N–H and O–H groups in total. The zero-order chi connectivity index (χ0) is 16.7. The van der Waals surface area contributed by atoms with E-state index in [1.165, 1.54) is 5.56 Å². The number of aryl methyl sites for hydroxylation is 1. The quantitative estimate of drug-likeness (QED) is 0.874. The van der Waals surface area contributed by atoms with Crippen LogP contribution in [0.3, 0.4) is 0 Å². The number of hydrogen-bond donors (Lipinski definition) is 1. The van der Waals surface area contributed by atoms with Crippen molar-refractivity contribution in [1.82, 2.24) is 10.2 Å². The molecule has 126 valence electrons. The number of benzene rings is 1. The van der Waals surface area contributed by atoms with Crippen molar-refractivity contribution in [1.29, 1.82) is 0 Å². The van der Waals surface area contributed by atoms with Crippen LogP contribution in [-0.2, 0) is 16.0 Å². The van der Waals surface area contributed by atoms with Crippen LogP contribution >= 0.6 is 0 Å². The van der Waals surface area contributed by atoms with Crippen molar-refractivity contribution in [3.05, 3.63) is 29.8 Å². The Kier molecular flexibility index (Phi) is 6.44. The highest BCUT2D eigenvalue weighted by molar-refractivity contribution is 5.78. The molecule has 0 aliphatic carbocycles. The van der Waals surface area contributed by atoms with Crippen LogP contribution in [0.1, 0.15) is 38.7 Å². The molecule has 1 aromatic rings. The molecule has 2 amide bonds. The summed E-state index contributed by atoms with van der Waals surface area (Å²) >= 11 is 0. The average molecular weight is 318 g/mol. The topological polar surface area (TPSA) is 58.6 Å². The fourth-order valence-corrected chi connectivity index (χ4v) is 2.80. The van der Waals surface area contributed by atoms with E-state index in [1.807, 2.05) is 29.2 Å². The molecule has 0 atom stereocenters. The summed E-state index contributed by atoms with van der Waals surface area (Å²) in [5, 5.41) is 2.98. The molecule has 0 unspecified atom stereocenters. The van der Waals surface area contributed by atoms with E-state index >= 15 is 0 Å². The molecule has 1 saturated heterocycles. The molecule has 0 spiro atoms. The Balaban J connectivity index is 1.70. The molecule has 0 bridgehead atoms. The standard InChI is InChI=1S/C18H26N2O3/c1-3-4-15-5-7-17(8-6-15)23-13-18(22)19-16-9-11-20(12-10-16)14(2)21/h5-8,16H,3-4,9-13H2,1-2H3,(H,19,22). The van der Waals surface area contributed by atoms with E-state index in [-0.39, 0.29) is 24.5 Å². The van der Waals surface area contributed by atoms with E-state index in [4.69, 9.17) is 4.74 Å². The van der Waals surface area contributed by atoms with Crippen molar-refractivity contribution in [2.45, 2.75) is 45.6 Å². The summed E-state index contributed by atoms with van der Waals surface area (Å²) in [4.78, 5) is 25.0. The molecule has 23 heavy (non-hydrogen) atoms. The Bertz CT molecular complexity index is 520. The van der Waals surface area contributed by atoms with Crippen molar-refractivity contribution in [2.75, 3.05) is 19.7 Å². The number of carbonyl (C=O) groups is 2. The Hall–Kier alpha value is -2.04. The minimum absolute atomic E-state index is 0.0278. The van der Waals surface area contributed by atoms with Gasteiger partial charge in [-0.05, 0) is 37.0 Å². The summed E-state index contributed by atoms with van der Waals surface area (Å²) in [5.41, 5.74) is 1.28. The molecule has 1 aromatic carbocycles. The maximum Gasteiger partial charge on any atom is 0.258 e.